The van der Waals surface area contributed by atoms with Crippen LogP contribution in [0.5, 0.6) is 0 Å². The summed E-state index contributed by atoms with van der Waals surface area (Å²) in [4.78, 5) is 15.0. The SMILES string of the molecule is CC(CCCC(C)C(=O)O)=N/C=C/CCNC/C=C/CF. The second-order valence-corrected chi connectivity index (χ2v) is 5.00. The molecule has 0 radical (unpaired) electrons. The standard InChI is InChI=1S/C16H27FN2O2/c1-14(16(20)21)8-7-9-15(2)19-13-6-5-12-18-11-4-3-10-17/h3-4,6,13-14,18H,5,7-12H2,1-2H3,(H,20,21)/b4-3+,13-6+,19-15?. The minimum absolute atomic E-state index is 0.286. The zero-order valence-corrected chi connectivity index (χ0v) is 13.0. The predicted octanol–water partition coefficient (Wildman–Crippen LogP) is 3.36. The van der Waals surface area contributed by atoms with Crippen molar-refractivity contribution in [3.8, 4) is 0 Å². The van der Waals surface area contributed by atoms with E-state index < -0.39 is 12.6 Å². The van der Waals surface area contributed by atoms with Crippen molar-refractivity contribution in [2.24, 2.45) is 10.9 Å². The number of carboxylic acid groups (broad SMARTS) is 1. The molecule has 21 heavy (non-hydrogen) atoms. The molecule has 0 aliphatic rings. The minimum Gasteiger partial charge on any atom is -0.481 e. The molecule has 0 saturated heterocycles. The van der Waals surface area contributed by atoms with Crippen molar-refractivity contribution < 1.29 is 14.3 Å². The largest absolute Gasteiger partial charge is 0.481 e. The van der Waals surface area contributed by atoms with Crippen molar-refractivity contribution in [1.29, 1.82) is 0 Å². The highest BCUT2D eigenvalue weighted by Crippen LogP contribution is 2.08. The highest BCUT2D eigenvalue weighted by molar-refractivity contribution is 5.82. The zero-order chi connectivity index (χ0) is 15.9. The Hall–Kier alpha value is -1.49. The molecule has 0 rings (SSSR count). The summed E-state index contributed by atoms with van der Waals surface area (Å²) < 4.78 is 11.7. The number of halogens is 1. The molecule has 0 aromatic heterocycles. The van der Waals surface area contributed by atoms with Gasteiger partial charge in [0.1, 0.15) is 6.67 Å². The second-order valence-electron chi connectivity index (χ2n) is 5.00. The van der Waals surface area contributed by atoms with Gasteiger partial charge in [-0.1, -0.05) is 25.2 Å². The number of allylic oxidation sites excluding steroid dienone is 1. The van der Waals surface area contributed by atoms with Gasteiger partial charge >= 0.3 is 5.97 Å². The van der Waals surface area contributed by atoms with Gasteiger partial charge in [0.05, 0.1) is 5.92 Å². The van der Waals surface area contributed by atoms with Crippen LogP contribution in [0, 0.1) is 5.92 Å². The van der Waals surface area contributed by atoms with Crippen molar-refractivity contribution in [2.75, 3.05) is 19.8 Å². The molecule has 0 bridgehead atoms. The van der Waals surface area contributed by atoms with Gasteiger partial charge in [0, 0.05) is 18.5 Å². The Balaban J connectivity index is 3.64. The van der Waals surface area contributed by atoms with Gasteiger partial charge in [0.25, 0.3) is 0 Å². The smallest absolute Gasteiger partial charge is 0.306 e. The van der Waals surface area contributed by atoms with Crippen LogP contribution in [0.3, 0.4) is 0 Å². The predicted molar refractivity (Wildman–Crippen MR) is 85.5 cm³/mol. The maximum Gasteiger partial charge on any atom is 0.306 e. The van der Waals surface area contributed by atoms with Gasteiger partial charge in [-0.15, -0.1) is 0 Å². The zero-order valence-electron chi connectivity index (χ0n) is 13.0. The van der Waals surface area contributed by atoms with Gasteiger partial charge in [-0.2, -0.15) is 0 Å². The molecule has 0 aromatic carbocycles. The summed E-state index contributed by atoms with van der Waals surface area (Å²) in [7, 11) is 0. The van der Waals surface area contributed by atoms with E-state index in [2.05, 4.69) is 10.3 Å². The van der Waals surface area contributed by atoms with E-state index >= 15 is 0 Å². The van der Waals surface area contributed by atoms with Crippen LogP contribution in [0.25, 0.3) is 0 Å². The highest BCUT2D eigenvalue weighted by atomic mass is 19.1. The van der Waals surface area contributed by atoms with E-state index in [-0.39, 0.29) is 5.92 Å². The summed E-state index contributed by atoms with van der Waals surface area (Å²) in [5, 5.41) is 11.9. The van der Waals surface area contributed by atoms with Crippen LogP contribution in [0.2, 0.25) is 0 Å². The molecule has 1 unspecified atom stereocenters. The third-order valence-corrected chi connectivity index (χ3v) is 3.00. The molecule has 120 valence electrons. The van der Waals surface area contributed by atoms with E-state index in [1.807, 2.05) is 13.0 Å². The topological polar surface area (TPSA) is 61.7 Å². The molecule has 4 nitrogen and oxygen atoms in total. The minimum atomic E-state index is -0.738. The summed E-state index contributed by atoms with van der Waals surface area (Å²) in [6.07, 6.45) is 10.3. The molecule has 0 amide bonds. The first-order chi connectivity index (χ1) is 10.1. The number of hydrogen-bond acceptors (Lipinski definition) is 3. The summed E-state index contributed by atoms with van der Waals surface area (Å²) in [6.45, 7) is 4.78. The molecule has 2 N–H and O–H groups in total. The van der Waals surface area contributed by atoms with E-state index in [1.54, 1.807) is 19.2 Å². The maximum absolute atomic E-state index is 11.7. The molecule has 0 heterocycles. The van der Waals surface area contributed by atoms with E-state index in [1.165, 1.54) is 6.08 Å². The Labute approximate surface area is 126 Å². The Morgan fingerprint density at radius 1 is 1.38 bits per heavy atom. The van der Waals surface area contributed by atoms with Crippen molar-refractivity contribution in [3.63, 3.8) is 0 Å². The molecule has 0 aliphatic carbocycles. The van der Waals surface area contributed by atoms with E-state index in [0.717, 1.165) is 31.5 Å². The third-order valence-electron chi connectivity index (χ3n) is 3.00. The van der Waals surface area contributed by atoms with Gasteiger partial charge in [0.2, 0.25) is 0 Å². The van der Waals surface area contributed by atoms with E-state index in [0.29, 0.717) is 13.0 Å². The number of aliphatic carboxylic acids is 1. The van der Waals surface area contributed by atoms with Crippen LogP contribution in [0.1, 0.15) is 39.5 Å². The van der Waals surface area contributed by atoms with E-state index in [4.69, 9.17) is 5.11 Å². The summed E-state index contributed by atoms with van der Waals surface area (Å²) in [5.41, 5.74) is 1.02. The Morgan fingerprint density at radius 3 is 2.81 bits per heavy atom. The second kappa shape index (κ2) is 13.5. The van der Waals surface area contributed by atoms with Gasteiger partial charge < -0.3 is 10.4 Å². The fourth-order valence-electron chi connectivity index (χ4n) is 1.62. The molecular weight excluding hydrogens is 271 g/mol. The molecular formula is C16H27FN2O2. The maximum atomic E-state index is 11.7. The lowest BCUT2D eigenvalue weighted by Crippen LogP contribution is -2.14. The highest BCUT2D eigenvalue weighted by Gasteiger charge is 2.09. The Bertz CT molecular complexity index is 365. The number of hydrogen-bond donors (Lipinski definition) is 2. The number of alkyl halides is 1. The number of aliphatic imine (C=N–C) groups is 1. The Kier molecular flexibility index (Phi) is 12.5. The van der Waals surface area contributed by atoms with Gasteiger partial charge in [0.15, 0.2) is 0 Å². The third kappa shape index (κ3) is 13.3. The van der Waals surface area contributed by atoms with Gasteiger partial charge in [-0.05, 0) is 39.2 Å². The van der Waals surface area contributed by atoms with Crippen molar-refractivity contribution in [2.45, 2.75) is 39.5 Å². The Morgan fingerprint density at radius 2 is 2.14 bits per heavy atom. The summed E-state index contributed by atoms with van der Waals surface area (Å²) in [6, 6.07) is 0. The van der Waals surface area contributed by atoms with Crippen molar-refractivity contribution in [3.05, 3.63) is 24.4 Å². The molecule has 0 aromatic rings. The summed E-state index contributed by atoms with van der Waals surface area (Å²) >= 11 is 0. The lowest BCUT2D eigenvalue weighted by Gasteiger charge is -2.04. The van der Waals surface area contributed by atoms with Gasteiger partial charge in [-0.25, -0.2) is 4.39 Å². The first-order valence-corrected chi connectivity index (χ1v) is 7.40. The van der Waals surface area contributed by atoms with Crippen molar-refractivity contribution >= 4 is 11.7 Å². The van der Waals surface area contributed by atoms with Crippen LogP contribution < -0.4 is 5.32 Å². The number of nitrogens with one attached hydrogen (secondary N) is 1. The lowest BCUT2D eigenvalue weighted by molar-refractivity contribution is -0.141. The van der Waals surface area contributed by atoms with Crippen LogP contribution in [-0.2, 0) is 4.79 Å². The molecule has 5 heteroatoms. The fraction of sp³-hybridized carbons (Fsp3) is 0.625. The number of rotatable bonds is 12. The molecule has 0 spiro atoms. The average Bonchev–Trinajstić information content (AvgIpc) is 2.45. The fourth-order valence-corrected chi connectivity index (χ4v) is 1.62. The average molecular weight is 298 g/mol. The van der Waals surface area contributed by atoms with Crippen molar-refractivity contribution in [1.82, 2.24) is 5.32 Å². The lowest BCUT2D eigenvalue weighted by atomic mass is 10.0. The summed E-state index contributed by atoms with van der Waals surface area (Å²) in [5.74, 6) is -1.02. The first kappa shape index (κ1) is 19.5. The first-order valence-electron chi connectivity index (χ1n) is 7.40. The van der Waals surface area contributed by atoms with Gasteiger partial charge in [-0.3, -0.25) is 9.79 Å². The molecule has 0 aliphatic heterocycles. The monoisotopic (exact) mass is 298 g/mol. The van der Waals surface area contributed by atoms with Crippen LogP contribution in [-0.4, -0.2) is 36.6 Å². The number of carbonyl (C=O) groups is 1. The van der Waals surface area contributed by atoms with Crippen LogP contribution in [0.15, 0.2) is 29.4 Å². The molecule has 1 atom stereocenters. The molecule has 0 saturated carbocycles. The quantitative estimate of drug-likeness (QED) is 0.330. The number of carboxylic acids is 1. The van der Waals surface area contributed by atoms with E-state index in [9.17, 15) is 9.18 Å². The molecule has 0 fully saturated rings. The van der Waals surface area contributed by atoms with Crippen LogP contribution >= 0.6 is 0 Å². The normalized spacial score (nSPS) is 14.1. The van der Waals surface area contributed by atoms with Crippen LogP contribution in [0.4, 0.5) is 4.39 Å². The number of nitrogens with zero attached hydrogens (tertiary/aromatic N) is 1.